The summed E-state index contributed by atoms with van der Waals surface area (Å²) in [5.41, 5.74) is 7.07. The minimum atomic E-state index is -0.434. The second-order valence-corrected chi connectivity index (χ2v) is 17.8. The zero-order chi connectivity index (χ0) is 45.9. The van der Waals surface area contributed by atoms with Crippen molar-refractivity contribution in [2.45, 2.75) is 102 Å². The molecule has 2 N–H and O–H groups in total. The van der Waals surface area contributed by atoms with E-state index in [1.807, 2.05) is 24.5 Å². The van der Waals surface area contributed by atoms with Gasteiger partial charge < -0.3 is 19.4 Å². The molecule has 2 aliphatic rings. The molecule has 10 rings (SSSR count). The number of nitrogens with zero attached hydrogens (tertiary/aromatic N) is 4. The van der Waals surface area contributed by atoms with Crippen LogP contribution in [-0.4, -0.2) is 42.8 Å². The van der Waals surface area contributed by atoms with E-state index in [4.69, 9.17) is 9.47 Å². The average molecular weight is 899 g/mol. The number of rotatable bonds is 12. The number of imidazole rings is 2. The fraction of sp³-hybridized carbons (Fsp3) is 0.346. The lowest BCUT2D eigenvalue weighted by Crippen LogP contribution is -2.19. The van der Waals surface area contributed by atoms with E-state index < -0.39 is 11.6 Å². The van der Waals surface area contributed by atoms with E-state index >= 15 is 0 Å². The van der Waals surface area contributed by atoms with Gasteiger partial charge in [0.1, 0.15) is 48.1 Å². The number of halogens is 4. The van der Waals surface area contributed by atoms with Gasteiger partial charge >= 0.3 is 0 Å². The highest BCUT2D eigenvalue weighted by molar-refractivity contribution is 5.84. The minimum absolute atomic E-state index is 0.142. The third kappa shape index (κ3) is 9.10. The molecule has 4 aromatic carbocycles. The molecule has 2 fully saturated rings. The Hall–Kier alpha value is -6.70. The highest BCUT2D eigenvalue weighted by Crippen LogP contribution is 2.45. The Morgan fingerprint density at radius 2 is 0.985 bits per heavy atom. The van der Waals surface area contributed by atoms with E-state index in [0.29, 0.717) is 47.6 Å². The number of nitrogens with one attached hydrogen (secondary N) is 2. The first-order valence-corrected chi connectivity index (χ1v) is 22.6. The van der Waals surface area contributed by atoms with E-state index in [2.05, 4.69) is 43.8 Å². The minimum Gasteiger partial charge on any atom is -0.463 e. The summed E-state index contributed by atoms with van der Waals surface area (Å²) in [5.74, 6) is 2.27. The third-order valence-electron chi connectivity index (χ3n) is 14.2. The van der Waals surface area contributed by atoms with Crippen LogP contribution in [-0.2, 0) is 32.3 Å². The zero-order valence-corrected chi connectivity index (χ0v) is 36.7. The lowest BCUT2D eigenvalue weighted by atomic mass is 9.73. The number of pyridine rings is 2. The molecule has 4 aromatic heterocycles. The van der Waals surface area contributed by atoms with Crippen molar-refractivity contribution in [1.29, 1.82) is 0 Å². The first kappa shape index (κ1) is 44.5. The van der Waals surface area contributed by atoms with Crippen LogP contribution in [0.25, 0.3) is 43.9 Å². The van der Waals surface area contributed by atoms with Crippen LogP contribution in [0.1, 0.15) is 123 Å². The maximum Gasteiger partial charge on any atom is 0.293 e. The van der Waals surface area contributed by atoms with Gasteiger partial charge in [0.25, 0.3) is 12.9 Å². The fourth-order valence-electron chi connectivity index (χ4n) is 10.5. The number of hydrogen-bond donors (Lipinski definition) is 2. The number of hydrogen-bond acceptors (Lipinski definition) is 8. The summed E-state index contributed by atoms with van der Waals surface area (Å²) in [6.07, 6.45) is 11.8. The number of fused-ring (bicyclic) bond motifs is 4. The molecular formula is C52H50F4N6O4. The Balaban J connectivity index is 0.000000166. The van der Waals surface area contributed by atoms with Crippen LogP contribution in [0, 0.1) is 35.1 Å². The number of ether oxygens (including phenoxy) is 2. The van der Waals surface area contributed by atoms with Gasteiger partial charge in [-0.2, -0.15) is 0 Å². The van der Waals surface area contributed by atoms with E-state index in [1.54, 1.807) is 36.4 Å². The van der Waals surface area contributed by atoms with Crippen molar-refractivity contribution < 1.29 is 36.6 Å². The first-order chi connectivity index (χ1) is 32.1. The third-order valence-corrected chi connectivity index (χ3v) is 14.2. The topological polar surface area (TPSA) is 136 Å². The molecule has 4 heterocycles. The van der Waals surface area contributed by atoms with Gasteiger partial charge in [-0.1, -0.05) is 13.8 Å². The van der Waals surface area contributed by atoms with Gasteiger partial charge in [-0.05, 0) is 159 Å². The normalized spacial score (nSPS) is 19.6. The molecule has 0 unspecified atom stereocenters. The molecule has 14 heteroatoms. The molecule has 2 saturated carbocycles. The average Bonchev–Trinajstić information content (AvgIpc) is 3.98. The molecule has 10 nitrogen and oxygen atoms in total. The number of carbonyl (C=O) groups excluding carboxylic acids is 2. The molecule has 8 aromatic rings. The van der Waals surface area contributed by atoms with Gasteiger partial charge in [0.05, 0.1) is 44.2 Å². The van der Waals surface area contributed by atoms with Gasteiger partial charge in [0.2, 0.25) is 0 Å². The number of benzene rings is 4. The number of carbonyl (C=O) groups is 2. The van der Waals surface area contributed by atoms with Crippen LogP contribution < -0.4 is 0 Å². The van der Waals surface area contributed by atoms with E-state index in [0.717, 1.165) is 95.9 Å². The highest BCUT2D eigenvalue weighted by Gasteiger charge is 2.31. The van der Waals surface area contributed by atoms with E-state index in [9.17, 15) is 27.2 Å². The standard InChI is InChI=1S/2C26H25F2N3O2/c2*1-15(26-30-24-9-7-22(28)21(13-33-14-32)25(24)31-26)16-2-4-17(5-3-16)19-10-11-29-23-8-6-18(27)12-20(19)23/h2*6-12,14-17H,2-5,13H2,1H3,(H,30,31)/t2*15-,16?,17?/m10/s1. The summed E-state index contributed by atoms with van der Waals surface area (Å²) in [4.78, 5) is 45.9. The quantitative estimate of drug-likeness (QED) is 0.0914. The second kappa shape index (κ2) is 19.4. The number of H-pyrrole nitrogens is 2. The number of aromatic amines is 2. The van der Waals surface area contributed by atoms with Gasteiger partial charge in [-0.3, -0.25) is 19.6 Å². The molecule has 0 amide bonds. The molecule has 340 valence electrons. The Labute approximate surface area is 378 Å². The summed E-state index contributed by atoms with van der Waals surface area (Å²) < 4.78 is 65.8. The van der Waals surface area contributed by atoms with Crippen LogP contribution >= 0.6 is 0 Å². The van der Waals surface area contributed by atoms with Crippen molar-refractivity contribution in [1.82, 2.24) is 29.9 Å². The van der Waals surface area contributed by atoms with Crippen molar-refractivity contribution in [3.8, 4) is 0 Å². The molecule has 0 saturated heterocycles. The summed E-state index contributed by atoms with van der Waals surface area (Å²) in [6, 6.07) is 19.7. The van der Waals surface area contributed by atoms with Crippen molar-refractivity contribution in [2.24, 2.45) is 11.8 Å². The predicted molar refractivity (Wildman–Crippen MR) is 243 cm³/mol. The van der Waals surface area contributed by atoms with Crippen LogP contribution in [0.15, 0.2) is 85.2 Å². The summed E-state index contributed by atoms with van der Waals surface area (Å²) in [6.45, 7) is 4.64. The largest absolute Gasteiger partial charge is 0.463 e. The molecule has 2 atom stereocenters. The Morgan fingerprint density at radius 1 is 0.576 bits per heavy atom. The maximum absolute atomic E-state index is 14.3. The van der Waals surface area contributed by atoms with Crippen LogP contribution in [0.4, 0.5) is 17.6 Å². The maximum atomic E-state index is 14.3. The predicted octanol–water partition coefficient (Wildman–Crippen LogP) is 12.3. The summed E-state index contributed by atoms with van der Waals surface area (Å²) >= 11 is 0. The van der Waals surface area contributed by atoms with Gasteiger partial charge in [-0.25, -0.2) is 27.5 Å². The van der Waals surface area contributed by atoms with Crippen molar-refractivity contribution in [3.63, 3.8) is 0 Å². The smallest absolute Gasteiger partial charge is 0.293 e. The molecule has 0 bridgehead atoms. The highest BCUT2D eigenvalue weighted by atomic mass is 19.1. The lowest BCUT2D eigenvalue weighted by molar-refractivity contribution is -0.130. The fourth-order valence-corrected chi connectivity index (χ4v) is 10.5. The van der Waals surface area contributed by atoms with Gasteiger partial charge in [-0.15, -0.1) is 0 Å². The SMILES string of the molecule is C[C@@H](c1nc2c(COC=O)c(F)ccc2[nH]1)C1CCC(c2ccnc3ccc(F)cc23)CC1.C[C@H](c1nc2c(COC=O)c(F)ccc2[nH]1)C1CCC(c2ccnc3ccc(F)cc23)CC1. The Bertz CT molecular complexity index is 2830. The summed E-state index contributed by atoms with van der Waals surface area (Å²) in [7, 11) is 0. The summed E-state index contributed by atoms with van der Waals surface area (Å²) in [5, 5.41) is 1.80. The number of aromatic nitrogens is 6. The monoisotopic (exact) mass is 898 g/mol. The lowest BCUT2D eigenvalue weighted by Gasteiger charge is -2.32. The van der Waals surface area contributed by atoms with Gasteiger partial charge in [0, 0.05) is 35.0 Å². The van der Waals surface area contributed by atoms with Crippen LogP contribution in [0.5, 0.6) is 0 Å². The van der Waals surface area contributed by atoms with Gasteiger partial charge in [0.15, 0.2) is 0 Å². The molecule has 0 aliphatic heterocycles. The second-order valence-electron chi connectivity index (χ2n) is 17.8. The molecule has 0 spiro atoms. The van der Waals surface area contributed by atoms with E-state index in [-0.39, 0.29) is 47.8 Å². The van der Waals surface area contributed by atoms with Crippen molar-refractivity contribution >= 4 is 56.8 Å². The Kier molecular flexibility index (Phi) is 13.1. The van der Waals surface area contributed by atoms with Crippen LogP contribution in [0.3, 0.4) is 0 Å². The van der Waals surface area contributed by atoms with Crippen LogP contribution in [0.2, 0.25) is 0 Å². The molecular weight excluding hydrogens is 849 g/mol. The molecule has 0 radical (unpaired) electrons. The van der Waals surface area contributed by atoms with Crippen molar-refractivity contribution in [2.75, 3.05) is 0 Å². The van der Waals surface area contributed by atoms with E-state index in [1.165, 1.54) is 35.4 Å². The first-order valence-electron chi connectivity index (χ1n) is 22.6. The zero-order valence-electron chi connectivity index (χ0n) is 36.7. The molecule has 2 aliphatic carbocycles. The Morgan fingerprint density at radius 3 is 1.38 bits per heavy atom. The molecule has 66 heavy (non-hydrogen) atoms. The van der Waals surface area contributed by atoms with Crippen molar-refractivity contribution in [3.05, 3.63) is 142 Å².